The monoisotopic (exact) mass is 330 g/mol. The van der Waals surface area contributed by atoms with Crippen molar-refractivity contribution in [3.05, 3.63) is 30.3 Å². The minimum Gasteiger partial charge on any atom is -0.462 e. The third-order valence-corrected chi connectivity index (χ3v) is 5.17. The van der Waals surface area contributed by atoms with Gasteiger partial charge in [-0.15, -0.1) is 0 Å². The molecule has 0 saturated heterocycles. The van der Waals surface area contributed by atoms with Crippen LogP contribution in [-0.2, 0) is 14.3 Å². The Labute approximate surface area is 143 Å². The maximum Gasteiger partial charge on any atom is 0.315 e. The summed E-state index contributed by atoms with van der Waals surface area (Å²) in [7, 11) is 0. The number of carbonyl (C=O) groups is 2. The van der Waals surface area contributed by atoms with Crippen molar-refractivity contribution < 1.29 is 19.1 Å². The Morgan fingerprint density at radius 2 is 1.33 bits per heavy atom. The van der Waals surface area contributed by atoms with Gasteiger partial charge in [0.05, 0.1) is 11.8 Å². The lowest BCUT2D eigenvalue weighted by Gasteiger charge is -2.30. The van der Waals surface area contributed by atoms with Gasteiger partial charge >= 0.3 is 11.9 Å². The molecule has 0 N–H and O–H groups in total. The Morgan fingerprint density at radius 3 is 2.00 bits per heavy atom. The first kappa shape index (κ1) is 17.0. The van der Waals surface area contributed by atoms with Gasteiger partial charge in [-0.25, -0.2) is 0 Å². The lowest BCUT2D eigenvalue weighted by atomic mass is 9.79. The first-order valence-corrected chi connectivity index (χ1v) is 9.21. The Hall–Kier alpha value is -1.84. The van der Waals surface area contributed by atoms with Crippen LogP contribution in [0.5, 0.6) is 5.75 Å². The van der Waals surface area contributed by atoms with E-state index in [1.165, 1.54) is 6.42 Å². The molecule has 2 unspecified atom stereocenters. The summed E-state index contributed by atoms with van der Waals surface area (Å²) < 4.78 is 11.2. The molecule has 1 aromatic rings. The van der Waals surface area contributed by atoms with Crippen LogP contribution in [0.1, 0.15) is 57.8 Å². The van der Waals surface area contributed by atoms with E-state index >= 15 is 0 Å². The van der Waals surface area contributed by atoms with E-state index in [9.17, 15) is 9.59 Å². The summed E-state index contributed by atoms with van der Waals surface area (Å²) in [5, 5.41) is 0. The van der Waals surface area contributed by atoms with Crippen LogP contribution in [0, 0.1) is 11.8 Å². The second-order valence-electron chi connectivity index (χ2n) is 6.93. The van der Waals surface area contributed by atoms with Gasteiger partial charge in [0, 0.05) is 0 Å². The fraction of sp³-hybridized carbons (Fsp3) is 0.600. The van der Waals surface area contributed by atoms with Gasteiger partial charge in [0.15, 0.2) is 0 Å². The summed E-state index contributed by atoms with van der Waals surface area (Å²) in [6, 6.07) is 9.06. The van der Waals surface area contributed by atoms with Gasteiger partial charge in [-0.05, 0) is 50.7 Å². The fourth-order valence-electron chi connectivity index (χ4n) is 3.81. The van der Waals surface area contributed by atoms with Gasteiger partial charge in [0.2, 0.25) is 0 Å². The highest BCUT2D eigenvalue weighted by Gasteiger charge is 2.39. The molecule has 0 aliphatic heterocycles. The molecule has 2 aliphatic carbocycles. The van der Waals surface area contributed by atoms with Crippen molar-refractivity contribution in [1.29, 1.82) is 0 Å². The number of hydrogen-bond acceptors (Lipinski definition) is 4. The van der Waals surface area contributed by atoms with Crippen molar-refractivity contribution >= 4 is 11.9 Å². The SMILES string of the molecule is O=C(Oc1ccccc1)C1CCCCC1C(=O)OC1CCCCC1. The standard InChI is InChI=1S/C20H26O4/c21-19(23-15-9-3-1-4-10-15)17-13-7-8-14-18(17)20(22)24-16-11-5-2-6-12-16/h1,3-4,9-10,16-18H,2,5-8,11-14H2. The maximum atomic E-state index is 12.6. The molecule has 4 nitrogen and oxygen atoms in total. The van der Waals surface area contributed by atoms with Crippen LogP contribution in [0.3, 0.4) is 0 Å². The highest BCUT2D eigenvalue weighted by atomic mass is 16.5. The van der Waals surface area contributed by atoms with Crippen molar-refractivity contribution in [2.24, 2.45) is 11.8 Å². The van der Waals surface area contributed by atoms with Gasteiger partial charge in [0.1, 0.15) is 11.9 Å². The Kier molecular flexibility index (Phi) is 5.89. The number of hydrogen-bond donors (Lipinski definition) is 0. The van der Waals surface area contributed by atoms with E-state index in [1.54, 1.807) is 12.1 Å². The molecular weight excluding hydrogens is 304 g/mol. The highest BCUT2D eigenvalue weighted by Crippen LogP contribution is 2.33. The lowest BCUT2D eigenvalue weighted by Crippen LogP contribution is -2.37. The first-order chi connectivity index (χ1) is 11.7. The molecule has 0 heterocycles. The van der Waals surface area contributed by atoms with Crippen molar-refractivity contribution in [3.8, 4) is 5.75 Å². The van der Waals surface area contributed by atoms with E-state index < -0.39 is 0 Å². The summed E-state index contributed by atoms with van der Waals surface area (Å²) in [6.45, 7) is 0. The Bertz CT molecular complexity index is 548. The molecule has 24 heavy (non-hydrogen) atoms. The third-order valence-electron chi connectivity index (χ3n) is 5.17. The fourth-order valence-corrected chi connectivity index (χ4v) is 3.81. The molecule has 1 aromatic carbocycles. The average molecular weight is 330 g/mol. The lowest BCUT2D eigenvalue weighted by molar-refractivity contribution is -0.163. The molecule has 0 bridgehead atoms. The van der Waals surface area contributed by atoms with E-state index in [2.05, 4.69) is 0 Å². The van der Waals surface area contributed by atoms with Gasteiger partial charge in [-0.2, -0.15) is 0 Å². The largest absolute Gasteiger partial charge is 0.462 e. The van der Waals surface area contributed by atoms with Crippen LogP contribution < -0.4 is 4.74 Å². The number of carbonyl (C=O) groups excluding carboxylic acids is 2. The molecule has 0 aromatic heterocycles. The maximum absolute atomic E-state index is 12.6. The second kappa shape index (κ2) is 8.32. The normalized spacial score (nSPS) is 25.0. The summed E-state index contributed by atoms with van der Waals surface area (Å²) in [5.74, 6) is -0.692. The van der Waals surface area contributed by atoms with Crippen LogP contribution in [-0.4, -0.2) is 18.0 Å². The summed E-state index contributed by atoms with van der Waals surface area (Å²) >= 11 is 0. The zero-order valence-electron chi connectivity index (χ0n) is 14.1. The summed E-state index contributed by atoms with van der Waals surface area (Å²) in [4.78, 5) is 25.1. The van der Waals surface area contributed by atoms with Crippen LogP contribution in [0.15, 0.2) is 30.3 Å². The van der Waals surface area contributed by atoms with Crippen LogP contribution in [0.2, 0.25) is 0 Å². The zero-order valence-corrected chi connectivity index (χ0v) is 14.1. The molecular formula is C20H26O4. The van der Waals surface area contributed by atoms with E-state index in [4.69, 9.17) is 9.47 Å². The van der Waals surface area contributed by atoms with Crippen molar-refractivity contribution in [2.75, 3.05) is 0 Å². The van der Waals surface area contributed by atoms with Crippen molar-refractivity contribution in [2.45, 2.75) is 63.9 Å². The smallest absolute Gasteiger partial charge is 0.315 e. The predicted molar refractivity (Wildman–Crippen MR) is 90.5 cm³/mol. The topological polar surface area (TPSA) is 52.6 Å². The van der Waals surface area contributed by atoms with Gasteiger partial charge in [-0.1, -0.05) is 37.5 Å². The molecule has 4 heteroatoms. The van der Waals surface area contributed by atoms with Gasteiger partial charge in [-0.3, -0.25) is 9.59 Å². The minimum atomic E-state index is -0.380. The van der Waals surface area contributed by atoms with E-state index in [-0.39, 0.29) is 29.9 Å². The van der Waals surface area contributed by atoms with Crippen molar-refractivity contribution in [3.63, 3.8) is 0 Å². The van der Waals surface area contributed by atoms with Crippen LogP contribution in [0.25, 0.3) is 0 Å². The van der Waals surface area contributed by atoms with E-state index in [0.29, 0.717) is 12.2 Å². The molecule has 2 fully saturated rings. The molecule has 2 atom stereocenters. The molecule has 2 aliphatic rings. The molecule has 0 spiro atoms. The molecule has 130 valence electrons. The second-order valence-corrected chi connectivity index (χ2v) is 6.93. The van der Waals surface area contributed by atoms with E-state index in [1.807, 2.05) is 18.2 Å². The molecule has 0 radical (unpaired) electrons. The van der Waals surface area contributed by atoms with Crippen LogP contribution in [0.4, 0.5) is 0 Å². The Morgan fingerprint density at radius 1 is 0.750 bits per heavy atom. The molecule has 0 amide bonds. The number of ether oxygens (including phenoxy) is 2. The van der Waals surface area contributed by atoms with Gasteiger partial charge < -0.3 is 9.47 Å². The summed E-state index contributed by atoms with van der Waals surface area (Å²) in [5.41, 5.74) is 0. The number of rotatable bonds is 4. The van der Waals surface area contributed by atoms with E-state index in [0.717, 1.165) is 44.9 Å². The van der Waals surface area contributed by atoms with Gasteiger partial charge in [0.25, 0.3) is 0 Å². The highest BCUT2D eigenvalue weighted by molar-refractivity contribution is 5.83. The number of benzene rings is 1. The zero-order chi connectivity index (χ0) is 16.8. The Balaban J connectivity index is 1.61. The van der Waals surface area contributed by atoms with Crippen LogP contribution >= 0.6 is 0 Å². The molecule has 3 rings (SSSR count). The first-order valence-electron chi connectivity index (χ1n) is 9.21. The average Bonchev–Trinajstić information content (AvgIpc) is 2.63. The predicted octanol–water partition coefficient (Wildman–Crippen LogP) is 4.27. The quantitative estimate of drug-likeness (QED) is 0.611. The molecule has 2 saturated carbocycles. The number of para-hydroxylation sites is 1. The van der Waals surface area contributed by atoms with Crippen molar-refractivity contribution in [1.82, 2.24) is 0 Å². The summed E-state index contributed by atoms with van der Waals surface area (Å²) in [6.07, 6.45) is 8.79. The third kappa shape index (κ3) is 4.37. The minimum absolute atomic E-state index is 0.0407. The number of esters is 2.